The molecule has 0 aliphatic carbocycles. The quantitative estimate of drug-likeness (QED) is 0.701. The Bertz CT molecular complexity index is 922. The third kappa shape index (κ3) is 6.12. The van der Waals surface area contributed by atoms with Crippen LogP contribution in [0, 0.1) is 0 Å². The summed E-state index contributed by atoms with van der Waals surface area (Å²) in [5.41, 5.74) is 1.86. The number of carbonyl (C=O) groups excluding carboxylic acids is 2. The maximum atomic E-state index is 13.6. The van der Waals surface area contributed by atoms with Gasteiger partial charge in [-0.05, 0) is 36.6 Å². The molecule has 2 aromatic carbocycles. The van der Waals surface area contributed by atoms with E-state index >= 15 is 0 Å². The largest absolute Gasteiger partial charge is 0.497 e. The molecule has 2 aliphatic heterocycles. The van der Waals surface area contributed by atoms with Crippen LogP contribution in [0.4, 0.5) is 0 Å². The summed E-state index contributed by atoms with van der Waals surface area (Å²) in [6, 6.07) is 17.7. The summed E-state index contributed by atoms with van der Waals surface area (Å²) in [4.78, 5) is 32.8. The van der Waals surface area contributed by atoms with Gasteiger partial charge >= 0.3 is 0 Å². The van der Waals surface area contributed by atoms with E-state index in [1.165, 1.54) is 5.56 Å². The Morgan fingerprint density at radius 2 is 1.73 bits per heavy atom. The molecule has 2 saturated heterocycles. The first-order valence-electron chi connectivity index (χ1n) is 11.8. The third-order valence-corrected chi connectivity index (χ3v) is 6.60. The van der Waals surface area contributed by atoms with Crippen LogP contribution in [-0.4, -0.2) is 85.5 Å². The SMILES string of the molecule is COc1cccc(C(=O)N(CC(=O)N2CCNCC2)C2CCN(Cc3ccccc3)CC2)c1. The first-order chi connectivity index (χ1) is 16.1. The van der Waals surface area contributed by atoms with Gasteiger partial charge in [0, 0.05) is 57.4 Å². The third-order valence-electron chi connectivity index (χ3n) is 6.60. The number of piperidine rings is 1. The van der Waals surface area contributed by atoms with Gasteiger partial charge in [-0.25, -0.2) is 0 Å². The molecule has 2 amide bonds. The van der Waals surface area contributed by atoms with E-state index in [-0.39, 0.29) is 24.4 Å². The van der Waals surface area contributed by atoms with Crippen molar-refractivity contribution in [3.63, 3.8) is 0 Å². The van der Waals surface area contributed by atoms with Crippen molar-refractivity contribution in [1.82, 2.24) is 20.0 Å². The van der Waals surface area contributed by atoms with Gasteiger partial charge in [0.1, 0.15) is 12.3 Å². The van der Waals surface area contributed by atoms with Crippen molar-refractivity contribution in [2.24, 2.45) is 0 Å². The summed E-state index contributed by atoms with van der Waals surface area (Å²) >= 11 is 0. The van der Waals surface area contributed by atoms with Gasteiger partial charge in [0.25, 0.3) is 5.91 Å². The Morgan fingerprint density at radius 3 is 2.42 bits per heavy atom. The highest BCUT2D eigenvalue weighted by molar-refractivity contribution is 5.97. The first-order valence-corrected chi connectivity index (χ1v) is 11.8. The molecule has 0 saturated carbocycles. The highest BCUT2D eigenvalue weighted by Gasteiger charge is 2.31. The number of benzene rings is 2. The average molecular weight is 451 g/mol. The molecular formula is C26H34N4O3. The number of piperazine rings is 1. The molecule has 33 heavy (non-hydrogen) atoms. The van der Waals surface area contributed by atoms with Crippen molar-refractivity contribution in [1.29, 1.82) is 0 Å². The summed E-state index contributed by atoms with van der Waals surface area (Å²) in [5.74, 6) is 0.574. The smallest absolute Gasteiger partial charge is 0.254 e. The highest BCUT2D eigenvalue weighted by atomic mass is 16.5. The second-order valence-electron chi connectivity index (χ2n) is 8.79. The lowest BCUT2D eigenvalue weighted by Crippen LogP contribution is -2.54. The molecule has 176 valence electrons. The van der Waals surface area contributed by atoms with Crippen LogP contribution in [0.3, 0.4) is 0 Å². The summed E-state index contributed by atoms with van der Waals surface area (Å²) in [5, 5.41) is 3.28. The van der Waals surface area contributed by atoms with Gasteiger partial charge < -0.3 is 19.9 Å². The minimum atomic E-state index is -0.0982. The van der Waals surface area contributed by atoms with Crippen LogP contribution in [-0.2, 0) is 11.3 Å². The number of nitrogens with one attached hydrogen (secondary N) is 1. The number of hydrogen-bond acceptors (Lipinski definition) is 5. The molecule has 0 aromatic heterocycles. The lowest BCUT2D eigenvalue weighted by Gasteiger charge is -2.39. The lowest BCUT2D eigenvalue weighted by atomic mass is 10.0. The van der Waals surface area contributed by atoms with E-state index in [0.29, 0.717) is 24.4 Å². The molecule has 2 fully saturated rings. The van der Waals surface area contributed by atoms with Crippen molar-refractivity contribution in [2.45, 2.75) is 25.4 Å². The maximum absolute atomic E-state index is 13.6. The summed E-state index contributed by atoms with van der Waals surface area (Å²) in [6.07, 6.45) is 1.72. The number of rotatable bonds is 7. The number of carbonyl (C=O) groups is 2. The molecular weight excluding hydrogens is 416 g/mol. The summed E-state index contributed by atoms with van der Waals surface area (Å²) < 4.78 is 5.32. The molecule has 0 radical (unpaired) electrons. The minimum absolute atomic E-state index is 0.0273. The van der Waals surface area contributed by atoms with Crippen molar-refractivity contribution in [3.05, 3.63) is 65.7 Å². The van der Waals surface area contributed by atoms with Crippen LogP contribution in [0.2, 0.25) is 0 Å². The van der Waals surface area contributed by atoms with Crippen LogP contribution >= 0.6 is 0 Å². The van der Waals surface area contributed by atoms with Gasteiger partial charge in [-0.2, -0.15) is 0 Å². The number of hydrogen-bond donors (Lipinski definition) is 1. The van der Waals surface area contributed by atoms with Gasteiger partial charge in [-0.15, -0.1) is 0 Å². The molecule has 4 rings (SSSR count). The Labute approximate surface area is 196 Å². The van der Waals surface area contributed by atoms with E-state index in [0.717, 1.165) is 45.6 Å². The normalized spacial score (nSPS) is 17.5. The molecule has 7 nitrogen and oxygen atoms in total. The van der Waals surface area contributed by atoms with Gasteiger partial charge in [0.2, 0.25) is 5.91 Å². The fourth-order valence-electron chi connectivity index (χ4n) is 4.68. The molecule has 7 heteroatoms. The number of likely N-dealkylation sites (tertiary alicyclic amines) is 1. The summed E-state index contributed by atoms with van der Waals surface area (Å²) in [7, 11) is 1.59. The zero-order valence-corrected chi connectivity index (χ0v) is 19.4. The predicted molar refractivity (Wildman–Crippen MR) is 128 cm³/mol. The zero-order valence-electron chi connectivity index (χ0n) is 19.4. The zero-order chi connectivity index (χ0) is 23.0. The van der Waals surface area contributed by atoms with Crippen LogP contribution in [0.5, 0.6) is 5.75 Å². The van der Waals surface area contributed by atoms with Gasteiger partial charge in [0.15, 0.2) is 0 Å². The molecule has 1 N–H and O–H groups in total. The van der Waals surface area contributed by atoms with Crippen molar-refractivity contribution < 1.29 is 14.3 Å². The number of ether oxygens (including phenoxy) is 1. The van der Waals surface area contributed by atoms with Gasteiger partial charge in [-0.1, -0.05) is 36.4 Å². The summed E-state index contributed by atoms with van der Waals surface area (Å²) in [6.45, 7) is 5.83. The van der Waals surface area contributed by atoms with Crippen LogP contribution in [0.25, 0.3) is 0 Å². The van der Waals surface area contributed by atoms with Crippen molar-refractivity contribution in [2.75, 3.05) is 52.9 Å². The van der Waals surface area contributed by atoms with Crippen LogP contribution in [0.1, 0.15) is 28.8 Å². The minimum Gasteiger partial charge on any atom is -0.497 e. The van der Waals surface area contributed by atoms with Crippen LogP contribution in [0.15, 0.2) is 54.6 Å². The Hall–Kier alpha value is -2.90. The molecule has 0 unspecified atom stereocenters. The Kier molecular flexibility index (Phi) is 7.96. The fourth-order valence-corrected chi connectivity index (χ4v) is 4.68. The number of methoxy groups -OCH3 is 1. The van der Waals surface area contributed by atoms with E-state index in [9.17, 15) is 9.59 Å². The van der Waals surface area contributed by atoms with E-state index in [1.54, 1.807) is 24.1 Å². The fraction of sp³-hybridized carbons (Fsp3) is 0.462. The number of nitrogens with zero attached hydrogens (tertiary/aromatic N) is 3. The van der Waals surface area contributed by atoms with E-state index in [2.05, 4.69) is 34.5 Å². The Morgan fingerprint density at radius 1 is 1.00 bits per heavy atom. The molecule has 2 aliphatic rings. The van der Waals surface area contributed by atoms with E-state index in [1.807, 2.05) is 23.1 Å². The lowest BCUT2D eigenvalue weighted by molar-refractivity contribution is -0.133. The first kappa shape index (κ1) is 23.3. The molecule has 2 heterocycles. The Balaban J connectivity index is 1.46. The second kappa shape index (κ2) is 11.3. The maximum Gasteiger partial charge on any atom is 0.254 e. The topological polar surface area (TPSA) is 65.1 Å². The highest BCUT2D eigenvalue weighted by Crippen LogP contribution is 2.22. The predicted octanol–water partition coefficient (Wildman–Crippen LogP) is 2.23. The molecule has 0 atom stereocenters. The van der Waals surface area contributed by atoms with E-state index < -0.39 is 0 Å². The van der Waals surface area contributed by atoms with Crippen LogP contribution < -0.4 is 10.1 Å². The monoisotopic (exact) mass is 450 g/mol. The number of amides is 2. The molecule has 0 bridgehead atoms. The van der Waals surface area contributed by atoms with Gasteiger partial charge in [0.05, 0.1) is 7.11 Å². The molecule has 0 spiro atoms. The molecule has 2 aromatic rings. The van der Waals surface area contributed by atoms with Crippen molar-refractivity contribution in [3.8, 4) is 5.75 Å². The standard InChI is InChI=1S/C26H34N4O3/c1-33-24-9-5-8-22(18-24)26(32)30(20-25(31)29-16-12-27-13-17-29)23-10-14-28(15-11-23)19-21-6-3-2-4-7-21/h2-9,18,23,27H,10-17,19-20H2,1H3. The van der Waals surface area contributed by atoms with Crippen molar-refractivity contribution >= 4 is 11.8 Å². The van der Waals surface area contributed by atoms with E-state index in [4.69, 9.17) is 4.74 Å². The average Bonchev–Trinajstić information content (AvgIpc) is 2.88. The second-order valence-corrected chi connectivity index (χ2v) is 8.79. The van der Waals surface area contributed by atoms with Gasteiger partial charge in [-0.3, -0.25) is 14.5 Å².